The Balaban J connectivity index is 2.75. The summed E-state index contributed by atoms with van der Waals surface area (Å²) in [5.41, 5.74) is 5.41. The molecule has 9 heavy (non-hydrogen) atoms. The van der Waals surface area contributed by atoms with Gasteiger partial charge in [0.1, 0.15) is 5.83 Å². The van der Waals surface area contributed by atoms with Crippen molar-refractivity contribution in [3.63, 3.8) is 0 Å². The lowest BCUT2D eigenvalue weighted by atomic mass is 10.1. The van der Waals surface area contributed by atoms with Crippen LogP contribution in [-0.4, -0.2) is 6.04 Å². The van der Waals surface area contributed by atoms with E-state index in [1.54, 1.807) is 6.08 Å². The monoisotopic (exact) mass is 191 g/mol. The highest BCUT2D eigenvalue weighted by atomic mass is 79.9. The van der Waals surface area contributed by atoms with Gasteiger partial charge in [0.05, 0.1) is 0 Å². The number of hydrogen-bond donors (Lipinski definition) is 1. The molecule has 0 heterocycles. The first kappa shape index (κ1) is 6.96. The molecule has 0 aromatic heterocycles. The van der Waals surface area contributed by atoms with Crippen molar-refractivity contribution in [2.45, 2.75) is 12.5 Å². The minimum absolute atomic E-state index is 0.147. The third-order valence-corrected chi connectivity index (χ3v) is 1.86. The molecule has 50 valence electrons. The second kappa shape index (κ2) is 2.62. The predicted molar refractivity (Wildman–Crippen MR) is 38.8 cm³/mol. The molecular formula is C6H7BrFN. The Kier molecular flexibility index (Phi) is 2.03. The van der Waals surface area contributed by atoms with E-state index in [0.717, 1.165) is 0 Å². The quantitative estimate of drug-likeness (QED) is 0.622. The maximum atomic E-state index is 12.5. The fourth-order valence-electron chi connectivity index (χ4n) is 0.673. The molecule has 3 heteroatoms. The fraction of sp³-hybridized carbons (Fsp3) is 0.333. The van der Waals surface area contributed by atoms with Crippen LogP contribution in [0.1, 0.15) is 6.42 Å². The van der Waals surface area contributed by atoms with Gasteiger partial charge in [-0.15, -0.1) is 0 Å². The highest BCUT2D eigenvalue weighted by Crippen LogP contribution is 2.23. The predicted octanol–water partition coefficient (Wildman–Crippen LogP) is 1.85. The second-order valence-corrected chi connectivity index (χ2v) is 2.82. The summed E-state index contributed by atoms with van der Waals surface area (Å²) in [4.78, 5) is 0. The average molecular weight is 192 g/mol. The molecule has 0 bridgehead atoms. The SMILES string of the molecule is NC1C=C(F)C(Br)=CC1. The smallest absolute Gasteiger partial charge is 0.134 e. The molecule has 0 saturated carbocycles. The van der Waals surface area contributed by atoms with E-state index >= 15 is 0 Å². The van der Waals surface area contributed by atoms with Crippen LogP contribution in [0.2, 0.25) is 0 Å². The largest absolute Gasteiger partial charge is 0.324 e. The first-order chi connectivity index (χ1) is 4.20. The van der Waals surface area contributed by atoms with Crippen molar-refractivity contribution in [3.8, 4) is 0 Å². The molecular weight excluding hydrogens is 185 g/mol. The molecule has 1 nitrogen and oxygen atoms in total. The van der Waals surface area contributed by atoms with Crippen molar-refractivity contribution in [1.29, 1.82) is 0 Å². The maximum absolute atomic E-state index is 12.5. The van der Waals surface area contributed by atoms with Crippen LogP contribution in [0.4, 0.5) is 4.39 Å². The lowest BCUT2D eigenvalue weighted by molar-refractivity contribution is 0.635. The van der Waals surface area contributed by atoms with Crippen LogP contribution in [0.5, 0.6) is 0 Å². The van der Waals surface area contributed by atoms with E-state index in [9.17, 15) is 4.39 Å². The van der Waals surface area contributed by atoms with Gasteiger partial charge in [0, 0.05) is 10.5 Å². The van der Waals surface area contributed by atoms with Gasteiger partial charge in [-0.1, -0.05) is 6.08 Å². The van der Waals surface area contributed by atoms with E-state index in [2.05, 4.69) is 15.9 Å². The van der Waals surface area contributed by atoms with Gasteiger partial charge in [0.15, 0.2) is 0 Å². The summed E-state index contributed by atoms with van der Waals surface area (Å²) in [6, 6.07) is -0.147. The first-order valence-electron chi connectivity index (χ1n) is 2.69. The van der Waals surface area contributed by atoms with Crippen molar-refractivity contribution >= 4 is 15.9 Å². The normalized spacial score (nSPS) is 27.2. The fourth-order valence-corrected chi connectivity index (χ4v) is 0.992. The molecule has 0 aromatic rings. The van der Waals surface area contributed by atoms with Crippen molar-refractivity contribution in [3.05, 3.63) is 22.5 Å². The van der Waals surface area contributed by atoms with E-state index in [1.807, 2.05) is 0 Å². The number of halogens is 2. The van der Waals surface area contributed by atoms with Gasteiger partial charge in [-0.2, -0.15) is 0 Å². The molecule has 1 atom stereocenters. The van der Waals surface area contributed by atoms with Gasteiger partial charge in [0.25, 0.3) is 0 Å². The Hall–Kier alpha value is -0.150. The Labute approximate surface area is 61.6 Å². The van der Waals surface area contributed by atoms with Gasteiger partial charge in [-0.3, -0.25) is 0 Å². The number of hydrogen-bond acceptors (Lipinski definition) is 1. The highest BCUT2D eigenvalue weighted by molar-refractivity contribution is 9.11. The van der Waals surface area contributed by atoms with Crippen molar-refractivity contribution in [2.24, 2.45) is 5.73 Å². The summed E-state index contributed by atoms with van der Waals surface area (Å²) in [7, 11) is 0. The Morgan fingerprint density at radius 3 is 2.89 bits per heavy atom. The molecule has 1 aliphatic carbocycles. The van der Waals surface area contributed by atoms with E-state index in [-0.39, 0.29) is 11.9 Å². The molecule has 1 aliphatic rings. The zero-order valence-electron chi connectivity index (χ0n) is 4.77. The molecule has 0 radical (unpaired) electrons. The van der Waals surface area contributed by atoms with E-state index < -0.39 is 0 Å². The van der Waals surface area contributed by atoms with E-state index in [1.165, 1.54) is 6.08 Å². The minimum atomic E-state index is -0.256. The topological polar surface area (TPSA) is 26.0 Å². The van der Waals surface area contributed by atoms with Crippen LogP contribution in [0.25, 0.3) is 0 Å². The summed E-state index contributed by atoms with van der Waals surface area (Å²) in [6.45, 7) is 0. The average Bonchev–Trinajstić information content (AvgIpc) is 1.80. The molecule has 0 aliphatic heterocycles. The molecule has 0 saturated heterocycles. The zero-order chi connectivity index (χ0) is 6.85. The van der Waals surface area contributed by atoms with Crippen LogP contribution in [0.15, 0.2) is 22.5 Å². The third-order valence-electron chi connectivity index (χ3n) is 1.16. The van der Waals surface area contributed by atoms with Crippen LogP contribution >= 0.6 is 15.9 Å². The number of allylic oxidation sites excluding steroid dienone is 2. The van der Waals surface area contributed by atoms with Gasteiger partial charge in [0.2, 0.25) is 0 Å². The van der Waals surface area contributed by atoms with Crippen LogP contribution in [-0.2, 0) is 0 Å². The van der Waals surface area contributed by atoms with E-state index in [4.69, 9.17) is 5.73 Å². The standard InChI is InChI=1S/C6H7BrFN/c7-5-2-1-4(9)3-6(5)8/h2-4H,1,9H2. The summed E-state index contributed by atoms with van der Waals surface area (Å²) in [6.07, 6.45) is 3.86. The maximum Gasteiger partial charge on any atom is 0.134 e. The molecule has 0 fully saturated rings. The summed E-state index contributed by atoms with van der Waals surface area (Å²) in [5, 5.41) is 0. The molecule has 0 amide bonds. The van der Waals surface area contributed by atoms with Crippen molar-refractivity contribution < 1.29 is 4.39 Å². The Morgan fingerprint density at radius 2 is 2.44 bits per heavy atom. The number of rotatable bonds is 0. The summed E-state index contributed by atoms with van der Waals surface area (Å²) in [5.74, 6) is -0.256. The third kappa shape index (κ3) is 1.63. The highest BCUT2D eigenvalue weighted by Gasteiger charge is 2.08. The Morgan fingerprint density at radius 1 is 1.78 bits per heavy atom. The van der Waals surface area contributed by atoms with Crippen LogP contribution in [0.3, 0.4) is 0 Å². The van der Waals surface area contributed by atoms with Gasteiger partial charge >= 0.3 is 0 Å². The lowest BCUT2D eigenvalue weighted by Gasteiger charge is -2.08. The number of nitrogens with two attached hydrogens (primary N) is 1. The summed E-state index contributed by atoms with van der Waals surface area (Å²) >= 11 is 3.04. The first-order valence-corrected chi connectivity index (χ1v) is 3.48. The minimum Gasteiger partial charge on any atom is -0.324 e. The zero-order valence-corrected chi connectivity index (χ0v) is 6.36. The van der Waals surface area contributed by atoms with Crippen molar-refractivity contribution in [1.82, 2.24) is 0 Å². The molecule has 1 unspecified atom stereocenters. The summed E-state index contributed by atoms with van der Waals surface area (Å²) < 4.78 is 13.0. The van der Waals surface area contributed by atoms with Crippen LogP contribution < -0.4 is 5.73 Å². The second-order valence-electron chi connectivity index (χ2n) is 1.97. The lowest BCUT2D eigenvalue weighted by Crippen LogP contribution is -2.18. The van der Waals surface area contributed by atoms with E-state index in [0.29, 0.717) is 10.9 Å². The molecule has 0 spiro atoms. The molecule has 2 N–H and O–H groups in total. The molecule has 0 aromatic carbocycles. The molecule has 1 rings (SSSR count). The van der Waals surface area contributed by atoms with Crippen molar-refractivity contribution in [2.75, 3.05) is 0 Å². The van der Waals surface area contributed by atoms with Gasteiger partial charge in [-0.25, -0.2) is 4.39 Å². The van der Waals surface area contributed by atoms with Gasteiger partial charge in [-0.05, 0) is 28.4 Å². The Bertz CT molecular complexity index is 174. The van der Waals surface area contributed by atoms with Crippen LogP contribution in [0, 0.1) is 0 Å². The van der Waals surface area contributed by atoms with Gasteiger partial charge < -0.3 is 5.73 Å².